The van der Waals surface area contributed by atoms with Crippen LogP contribution in [0, 0.1) is 6.92 Å². The van der Waals surface area contributed by atoms with Crippen molar-refractivity contribution in [1.82, 2.24) is 4.72 Å². The summed E-state index contributed by atoms with van der Waals surface area (Å²) in [5.41, 5.74) is 5.43. The second kappa shape index (κ2) is 5.01. The van der Waals surface area contributed by atoms with Crippen molar-refractivity contribution in [1.29, 1.82) is 0 Å². The molecule has 1 aromatic heterocycles. The summed E-state index contributed by atoms with van der Waals surface area (Å²) in [6.07, 6.45) is 0.880. The molecule has 0 spiro atoms. The molecule has 2 rings (SSSR count). The minimum Gasteiger partial charge on any atom is -0.464 e. The van der Waals surface area contributed by atoms with E-state index in [2.05, 4.69) is 4.72 Å². The van der Waals surface area contributed by atoms with Crippen LogP contribution in [0.3, 0.4) is 0 Å². The molecular weight excluding hydrogens is 260 g/mol. The molecule has 1 aliphatic heterocycles. The van der Waals surface area contributed by atoms with Gasteiger partial charge in [0, 0.05) is 17.9 Å². The highest BCUT2D eigenvalue weighted by atomic mass is 32.2. The molecule has 17 heavy (non-hydrogen) atoms. The van der Waals surface area contributed by atoms with Crippen molar-refractivity contribution < 1.29 is 12.8 Å². The summed E-state index contributed by atoms with van der Waals surface area (Å²) in [5, 5.41) is 0. The Kier molecular flexibility index (Phi) is 3.82. The molecule has 0 aromatic carbocycles. The average molecular weight is 276 g/mol. The first kappa shape index (κ1) is 12.9. The van der Waals surface area contributed by atoms with Gasteiger partial charge < -0.3 is 10.2 Å². The normalized spacial score (nSPS) is 20.9. The van der Waals surface area contributed by atoms with Crippen LogP contribution >= 0.6 is 11.8 Å². The number of hydrogen-bond acceptors (Lipinski definition) is 5. The zero-order chi connectivity index (χ0) is 12.5. The standard InChI is InChI=1S/C10H16N2O3S2/c1-7-10(4-9(5-11)15-7)17(13,14)12-8-2-3-16-6-8/h4,8,12H,2-3,5-6,11H2,1H3. The van der Waals surface area contributed by atoms with E-state index in [1.54, 1.807) is 18.7 Å². The lowest BCUT2D eigenvalue weighted by atomic mass is 10.3. The minimum absolute atomic E-state index is 0.0284. The van der Waals surface area contributed by atoms with Crippen molar-refractivity contribution in [2.75, 3.05) is 11.5 Å². The lowest BCUT2D eigenvalue weighted by molar-refractivity contribution is 0.478. The molecule has 0 radical (unpaired) electrons. The second-order valence-electron chi connectivity index (χ2n) is 4.02. The molecule has 1 aliphatic rings. The molecule has 0 aliphatic carbocycles. The van der Waals surface area contributed by atoms with Crippen LogP contribution in [0.2, 0.25) is 0 Å². The number of furan rings is 1. The maximum atomic E-state index is 12.1. The molecule has 7 heteroatoms. The van der Waals surface area contributed by atoms with Crippen molar-refractivity contribution in [3.8, 4) is 0 Å². The molecule has 1 saturated heterocycles. The summed E-state index contributed by atoms with van der Waals surface area (Å²) < 4.78 is 32.2. The summed E-state index contributed by atoms with van der Waals surface area (Å²) in [7, 11) is -3.48. The van der Waals surface area contributed by atoms with E-state index in [0.29, 0.717) is 11.5 Å². The molecule has 5 nitrogen and oxygen atoms in total. The van der Waals surface area contributed by atoms with E-state index in [1.807, 2.05) is 0 Å². The Hall–Kier alpha value is -0.500. The fourth-order valence-corrected chi connectivity index (χ4v) is 4.53. The highest BCUT2D eigenvalue weighted by Crippen LogP contribution is 2.23. The van der Waals surface area contributed by atoms with Gasteiger partial charge in [0.05, 0.1) is 6.54 Å². The molecule has 1 fully saturated rings. The van der Waals surface area contributed by atoms with E-state index in [0.717, 1.165) is 17.9 Å². The number of sulfonamides is 1. The monoisotopic (exact) mass is 276 g/mol. The number of rotatable bonds is 4. The third-order valence-corrected chi connectivity index (χ3v) is 5.46. The van der Waals surface area contributed by atoms with Crippen LogP contribution in [0.4, 0.5) is 0 Å². The first-order valence-electron chi connectivity index (χ1n) is 5.42. The molecule has 96 valence electrons. The Morgan fingerprint density at radius 1 is 1.65 bits per heavy atom. The topological polar surface area (TPSA) is 85.3 Å². The quantitative estimate of drug-likeness (QED) is 0.851. The second-order valence-corrected chi connectivity index (χ2v) is 6.85. The third-order valence-electron chi connectivity index (χ3n) is 2.67. The zero-order valence-electron chi connectivity index (χ0n) is 9.60. The predicted octanol–water partition coefficient (Wildman–Crippen LogP) is 0.831. The number of nitrogens with two attached hydrogens (primary N) is 1. The van der Waals surface area contributed by atoms with Gasteiger partial charge in [-0.25, -0.2) is 13.1 Å². The van der Waals surface area contributed by atoms with Gasteiger partial charge >= 0.3 is 0 Å². The van der Waals surface area contributed by atoms with E-state index >= 15 is 0 Å². The summed E-state index contributed by atoms with van der Waals surface area (Å²) in [4.78, 5) is 0.204. The van der Waals surface area contributed by atoms with E-state index in [-0.39, 0.29) is 17.5 Å². The van der Waals surface area contributed by atoms with Crippen molar-refractivity contribution in [2.24, 2.45) is 5.73 Å². The van der Waals surface area contributed by atoms with Gasteiger partial charge in [0.25, 0.3) is 0 Å². The maximum absolute atomic E-state index is 12.1. The summed E-state index contributed by atoms with van der Waals surface area (Å²) in [6, 6.07) is 1.53. The number of nitrogens with one attached hydrogen (secondary N) is 1. The van der Waals surface area contributed by atoms with Gasteiger partial charge in [-0.05, 0) is 19.1 Å². The largest absolute Gasteiger partial charge is 0.464 e. The van der Waals surface area contributed by atoms with E-state index in [9.17, 15) is 8.42 Å². The highest BCUT2D eigenvalue weighted by molar-refractivity contribution is 7.99. The molecule has 0 bridgehead atoms. The van der Waals surface area contributed by atoms with Gasteiger partial charge in [0.15, 0.2) is 0 Å². The average Bonchev–Trinajstić information content (AvgIpc) is 2.86. The molecular formula is C10H16N2O3S2. The van der Waals surface area contributed by atoms with E-state index in [1.165, 1.54) is 6.07 Å². The summed E-state index contributed by atoms with van der Waals surface area (Å²) in [5.74, 6) is 2.72. The molecule has 2 heterocycles. The highest BCUT2D eigenvalue weighted by Gasteiger charge is 2.26. The first-order valence-corrected chi connectivity index (χ1v) is 8.06. The van der Waals surface area contributed by atoms with Crippen LogP contribution in [0.5, 0.6) is 0 Å². The number of aryl methyl sites for hydroxylation is 1. The SMILES string of the molecule is Cc1oc(CN)cc1S(=O)(=O)NC1CCSC1. The summed E-state index contributed by atoms with van der Waals surface area (Å²) in [6.45, 7) is 1.84. The van der Waals surface area contributed by atoms with Crippen molar-refractivity contribution in [3.63, 3.8) is 0 Å². The molecule has 1 atom stereocenters. The van der Waals surface area contributed by atoms with Crippen LogP contribution in [-0.2, 0) is 16.6 Å². The smallest absolute Gasteiger partial charge is 0.244 e. The Morgan fingerprint density at radius 2 is 2.41 bits per heavy atom. The lowest BCUT2D eigenvalue weighted by Gasteiger charge is -2.10. The van der Waals surface area contributed by atoms with Crippen LogP contribution in [0.1, 0.15) is 17.9 Å². The van der Waals surface area contributed by atoms with Crippen molar-refractivity contribution in [3.05, 3.63) is 17.6 Å². The van der Waals surface area contributed by atoms with Gasteiger partial charge in [-0.1, -0.05) is 0 Å². The van der Waals surface area contributed by atoms with Crippen LogP contribution in [0.15, 0.2) is 15.4 Å². The van der Waals surface area contributed by atoms with Crippen LogP contribution in [0.25, 0.3) is 0 Å². The Bertz CT molecular complexity index is 490. The van der Waals surface area contributed by atoms with Crippen molar-refractivity contribution in [2.45, 2.75) is 30.8 Å². The van der Waals surface area contributed by atoms with Crippen molar-refractivity contribution >= 4 is 21.8 Å². The first-order chi connectivity index (χ1) is 8.03. The van der Waals surface area contributed by atoms with E-state index in [4.69, 9.17) is 10.2 Å². The van der Waals surface area contributed by atoms with Crippen LogP contribution < -0.4 is 10.5 Å². The molecule has 0 amide bonds. The Labute approximate surface area is 105 Å². The summed E-state index contributed by atoms with van der Waals surface area (Å²) >= 11 is 1.76. The zero-order valence-corrected chi connectivity index (χ0v) is 11.2. The predicted molar refractivity (Wildman–Crippen MR) is 67.4 cm³/mol. The van der Waals surface area contributed by atoms with Crippen LogP contribution in [-0.4, -0.2) is 26.0 Å². The molecule has 1 aromatic rings. The van der Waals surface area contributed by atoms with Gasteiger partial charge in [-0.3, -0.25) is 0 Å². The van der Waals surface area contributed by atoms with Gasteiger partial charge in [-0.15, -0.1) is 0 Å². The number of thioether (sulfide) groups is 1. The third kappa shape index (κ3) is 2.85. The molecule has 3 N–H and O–H groups in total. The Morgan fingerprint density at radius 3 is 2.94 bits per heavy atom. The lowest BCUT2D eigenvalue weighted by Crippen LogP contribution is -2.34. The van der Waals surface area contributed by atoms with Gasteiger partial charge in [0.1, 0.15) is 16.4 Å². The maximum Gasteiger partial charge on any atom is 0.244 e. The molecule has 0 saturated carbocycles. The minimum atomic E-state index is -3.48. The van der Waals surface area contributed by atoms with Gasteiger partial charge in [-0.2, -0.15) is 11.8 Å². The fraction of sp³-hybridized carbons (Fsp3) is 0.600. The van der Waals surface area contributed by atoms with Gasteiger partial charge in [0.2, 0.25) is 10.0 Å². The molecule has 1 unspecified atom stereocenters. The fourth-order valence-electron chi connectivity index (χ4n) is 1.80. The Balaban J connectivity index is 2.21. The van der Waals surface area contributed by atoms with E-state index < -0.39 is 10.0 Å². The number of hydrogen-bond donors (Lipinski definition) is 2.